The van der Waals surface area contributed by atoms with Crippen LogP contribution in [0.3, 0.4) is 0 Å². The van der Waals surface area contributed by atoms with E-state index in [0.29, 0.717) is 12.8 Å². The van der Waals surface area contributed by atoms with Crippen molar-refractivity contribution in [3.05, 3.63) is 30.1 Å². The average Bonchev–Trinajstić information content (AvgIpc) is 2.37. The number of pyridine rings is 1. The fraction of sp³-hybridized carbons (Fsp3) is 0.615. The summed E-state index contributed by atoms with van der Waals surface area (Å²) in [4.78, 5) is 3.90. The van der Waals surface area contributed by atoms with E-state index in [1.54, 1.807) is 12.4 Å². The first-order chi connectivity index (χ1) is 8.81. The van der Waals surface area contributed by atoms with Gasteiger partial charge in [0, 0.05) is 23.9 Å². The van der Waals surface area contributed by atoms with E-state index in [9.17, 15) is 13.5 Å². The SMILES string of the molecule is CC1(C)C(O)CC1NS(=O)(=O)CCc1ccncc1. The quantitative estimate of drug-likeness (QED) is 0.834. The van der Waals surface area contributed by atoms with Crippen LogP contribution >= 0.6 is 0 Å². The molecule has 2 atom stereocenters. The van der Waals surface area contributed by atoms with E-state index in [1.165, 1.54) is 0 Å². The molecule has 0 spiro atoms. The van der Waals surface area contributed by atoms with Gasteiger partial charge in [0.25, 0.3) is 0 Å². The molecule has 1 aromatic rings. The summed E-state index contributed by atoms with van der Waals surface area (Å²) < 4.78 is 26.7. The van der Waals surface area contributed by atoms with Gasteiger partial charge >= 0.3 is 0 Å². The predicted octanol–water partition coefficient (Wildman–Crippen LogP) is 0.703. The number of aliphatic hydroxyl groups excluding tert-OH is 1. The summed E-state index contributed by atoms with van der Waals surface area (Å²) in [5.74, 6) is 0.0552. The monoisotopic (exact) mass is 284 g/mol. The fourth-order valence-electron chi connectivity index (χ4n) is 2.18. The Kier molecular flexibility index (Phi) is 3.94. The summed E-state index contributed by atoms with van der Waals surface area (Å²) in [6.07, 6.45) is 3.83. The third kappa shape index (κ3) is 3.32. The molecule has 1 aliphatic rings. The number of aryl methyl sites for hydroxylation is 1. The molecule has 19 heavy (non-hydrogen) atoms. The van der Waals surface area contributed by atoms with Crippen LogP contribution in [0.25, 0.3) is 0 Å². The molecule has 1 fully saturated rings. The fourth-order valence-corrected chi connectivity index (χ4v) is 3.64. The molecule has 1 saturated carbocycles. The maximum absolute atomic E-state index is 12.0. The molecule has 6 heteroatoms. The van der Waals surface area contributed by atoms with Gasteiger partial charge in [-0.25, -0.2) is 13.1 Å². The predicted molar refractivity (Wildman–Crippen MR) is 73.1 cm³/mol. The van der Waals surface area contributed by atoms with Crippen molar-refractivity contribution < 1.29 is 13.5 Å². The number of aliphatic hydroxyl groups is 1. The minimum Gasteiger partial charge on any atom is -0.392 e. The van der Waals surface area contributed by atoms with Gasteiger partial charge in [0.2, 0.25) is 10.0 Å². The Labute approximate surface area is 114 Å². The van der Waals surface area contributed by atoms with Gasteiger partial charge in [0.05, 0.1) is 11.9 Å². The van der Waals surface area contributed by atoms with Crippen molar-refractivity contribution in [2.75, 3.05) is 5.75 Å². The Morgan fingerprint density at radius 2 is 2.05 bits per heavy atom. The van der Waals surface area contributed by atoms with Gasteiger partial charge in [0.15, 0.2) is 0 Å². The highest BCUT2D eigenvalue weighted by molar-refractivity contribution is 7.89. The van der Waals surface area contributed by atoms with Gasteiger partial charge in [-0.1, -0.05) is 13.8 Å². The molecule has 0 aliphatic heterocycles. The molecule has 5 nitrogen and oxygen atoms in total. The molecule has 1 aromatic heterocycles. The molecular weight excluding hydrogens is 264 g/mol. The van der Waals surface area contributed by atoms with Gasteiger partial charge < -0.3 is 5.11 Å². The van der Waals surface area contributed by atoms with Crippen LogP contribution in [0, 0.1) is 5.41 Å². The van der Waals surface area contributed by atoms with Gasteiger partial charge in [-0.3, -0.25) is 4.98 Å². The molecule has 0 amide bonds. The second kappa shape index (κ2) is 5.19. The smallest absolute Gasteiger partial charge is 0.212 e. The summed E-state index contributed by atoms with van der Waals surface area (Å²) in [6.45, 7) is 3.74. The third-order valence-corrected chi connectivity index (χ3v) is 5.33. The van der Waals surface area contributed by atoms with Gasteiger partial charge in [-0.15, -0.1) is 0 Å². The number of hydrogen-bond acceptors (Lipinski definition) is 4. The lowest BCUT2D eigenvalue weighted by atomic mass is 9.65. The Bertz CT molecular complexity index is 528. The molecule has 106 valence electrons. The Hall–Kier alpha value is -0.980. The Morgan fingerprint density at radius 3 is 2.58 bits per heavy atom. The van der Waals surface area contributed by atoms with E-state index in [1.807, 2.05) is 26.0 Å². The average molecular weight is 284 g/mol. The molecule has 2 unspecified atom stereocenters. The second-order valence-corrected chi connectivity index (χ2v) is 7.54. The van der Waals surface area contributed by atoms with Crippen molar-refractivity contribution >= 4 is 10.0 Å². The van der Waals surface area contributed by atoms with Crippen molar-refractivity contribution in [2.45, 2.75) is 38.8 Å². The topological polar surface area (TPSA) is 79.3 Å². The molecule has 0 radical (unpaired) electrons. The lowest BCUT2D eigenvalue weighted by Gasteiger charge is -2.49. The van der Waals surface area contributed by atoms with Gasteiger partial charge in [-0.05, 0) is 30.5 Å². The second-order valence-electron chi connectivity index (χ2n) is 5.67. The van der Waals surface area contributed by atoms with Gasteiger partial charge in [-0.2, -0.15) is 0 Å². The lowest BCUT2D eigenvalue weighted by Crippen LogP contribution is -2.61. The van der Waals surface area contributed by atoms with Crippen LogP contribution in [-0.2, 0) is 16.4 Å². The van der Waals surface area contributed by atoms with Crippen molar-refractivity contribution in [3.8, 4) is 0 Å². The number of sulfonamides is 1. The molecular formula is C13H20N2O3S. The first kappa shape index (κ1) is 14.4. The molecule has 1 heterocycles. The largest absolute Gasteiger partial charge is 0.392 e. The zero-order chi connectivity index (χ0) is 14.1. The van der Waals surface area contributed by atoms with E-state index < -0.39 is 16.1 Å². The summed E-state index contributed by atoms with van der Waals surface area (Å²) in [6, 6.07) is 3.45. The van der Waals surface area contributed by atoms with Crippen molar-refractivity contribution in [3.63, 3.8) is 0 Å². The van der Waals surface area contributed by atoms with Gasteiger partial charge in [0.1, 0.15) is 0 Å². The molecule has 1 aliphatic carbocycles. The highest BCUT2D eigenvalue weighted by Gasteiger charge is 2.48. The maximum atomic E-state index is 12.0. The minimum atomic E-state index is -3.32. The first-order valence-electron chi connectivity index (χ1n) is 6.38. The standard InChI is InChI=1S/C13H20N2O3S/c1-13(2)11(9-12(13)16)15-19(17,18)8-5-10-3-6-14-7-4-10/h3-4,6-7,11-12,15-16H,5,8-9H2,1-2H3. The van der Waals surface area contributed by atoms with Crippen LogP contribution < -0.4 is 4.72 Å². The minimum absolute atomic E-state index is 0.0552. The van der Waals surface area contributed by atoms with E-state index >= 15 is 0 Å². The van der Waals surface area contributed by atoms with Crippen molar-refractivity contribution in [2.24, 2.45) is 5.41 Å². The van der Waals surface area contributed by atoms with E-state index in [4.69, 9.17) is 0 Å². The van der Waals surface area contributed by atoms with Crippen LogP contribution in [0.4, 0.5) is 0 Å². The summed E-state index contributed by atoms with van der Waals surface area (Å²) >= 11 is 0. The summed E-state index contributed by atoms with van der Waals surface area (Å²) in [5, 5.41) is 9.61. The molecule has 2 rings (SSSR count). The van der Waals surface area contributed by atoms with E-state index in [2.05, 4.69) is 9.71 Å². The number of rotatable bonds is 5. The summed E-state index contributed by atoms with van der Waals surface area (Å²) in [5.41, 5.74) is 0.567. The van der Waals surface area contributed by atoms with Crippen LogP contribution in [0.15, 0.2) is 24.5 Å². The molecule has 0 bridgehead atoms. The number of aromatic nitrogens is 1. The third-order valence-electron chi connectivity index (χ3n) is 3.95. The Morgan fingerprint density at radius 1 is 1.42 bits per heavy atom. The summed E-state index contributed by atoms with van der Waals surface area (Å²) in [7, 11) is -3.32. The Balaban J connectivity index is 1.90. The van der Waals surface area contributed by atoms with Crippen LogP contribution in [0.1, 0.15) is 25.8 Å². The zero-order valence-electron chi connectivity index (χ0n) is 11.2. The first-order valence-corrected chi connectivity index (χ1v) is 8.03. The molecule has 2 N–H and O–H groups in total. The number of hydrogen-bond donors (Lipinski definition) is 2. The van der Waals surface area contributed by atoms with E-state index in [0.717, 1.165) is 5.56 Å². The number of nitrogens with zero attached hydrogens (tertiary/aromatic N) is 1. The molecule has 0 saturated heterocycles. The maximum Gasteiger partial charge on any atom is 0.212 e. The van der Waals surface area contributed by atoms with Crippen LogP contribution in [0.5, 0.6) is 0 Å². The normalized spacial score (nSPS) is 25.8. The molecule has 0 aromatic carbocycles. The highest BCUT2D eigenvalue weighted by Crippen LogP contribution is 2.40. The van der Waals surface area contributed by atoms with Crippen molar-refractivity contribution in [1.82, 2.24) is 9.71 Å². The zero-order valence-corrected chi connectivity index (χ0v) is 12.0. The van der Waals surface area contributed by atoms with Crippen LogP contribution in [-0.4, -0.2) is 36.4 Å². The van der Waals surface area contributed by atoms with Crippen molar-refractivity contribution in [1.29, 1.82) is 0 Å². The highest BCUT2D eigenvalue weighted by atomic mass is 32.2. The lowest BCUT2D eigenvalue weighted by molar-refractivity contribution is -0.0645. The number of nitrogens with one attached hydrogen (secondary N) is 1. The van der Waals surface area contributed by atoms with E-state index in [-0.39, 0.29) is 17.2 Å². The van der Waals surface area contributed by atoms with Crippen LogP contribution in [0.2, 0.25) is 0 Å².